The third-order valence-electron chi connectivity index (χ3n) is 4.28. The molecule has 3 heterocycles. The van der Waals surface area contributed by atoms with Gasteiger partial charge in [-0.25, -0.2) is 4.98 Å². The van der Waals surface area contributed by atoms with E-state index in [1.807, 2.05) is 29.9 Å². The zero-order valence-corrected chi connectivity index (χ0v) is 14.4. The van der Waals surface area contributed by atoms with Gasteiger partial charge in [-0.3, -0.25) is 24.1 Å². The van der Waals surface area contributed by atoms with Gasteiger partial charge in [0, 0.05) is 43.8 Å². The summed E-state index contributed by atoms with van der Waals surface area (Å²) in [7, 11) is 3.59. The molecule has 124 valence electrons. The largest absolute Gasteiger partial charge is 0.285 e. The number of pyridine rings is 1. The highest BCUT2D eigenvalue weighted by atomic mass is 35.5. The van der Waals surface area contributed by atoms with Crippen molar-refractivity contribution in [1.29, 1.82) is 0 Å². The molecular formula is C18H14ClN5O. The van der Waals surface area contributed by atoms with E-state index >= 15 is 0 Å². The third kappa shape index (κ3) is 2.51. The number of rotatable bonds is 2. The van der Waals surface area contributed by atoms with E-state index in [4.69, 9.17) is 11.6 Å². The van der Waals surface area contributed by atoms with Crippen LogP contribution in [0.4, 0.5) is 0 Å². The molecule has 1 aromatic carbocycles. The second kappa shape index (κ2) is 5.82. The third-order valence-corrected chi connectivity index (χ3v) is 4.50. The first-order valence-corrected chi connectivity index (χ1v) is 8.03. The second-order valence-electron chi connectivity index (χ2n) is 5.71. The Labute approximate surface area is 148 Å². The zero-order valence-electron chi connectivity index (χ0n) is 13.6. The standard InChI is InChI=1S/C18H14ClN5O/c1-23-17(11-3-5-13-14(9-11)21-8-7-20-13)16(18(25)24(23)2)12-4-6-15(19)22-10-12/h3-10H,1-2H3. The average molecular weight is 352 g/mol. The Balaban J connectivity index is 2.01. The summed E-state index contributed by atoms with van der Waals surface area (Å²) in [5.41, 5.74) is 4.47. The Bertz CT molecular complexity index is 1140. The average Bonchev–Trinajstić information content (AvgIpc) is 2.86. The first-order valence-electron chi connectivity index (χ1n) is 7.65. The Hall–Kier alpha value is -2.99. The number of hydrogen-bond acceptors (Lipinski definition) is 4. The summed E-state index contributed by atoms with van der Waals surface area (Å²) in [4.78, 5) is 25.5. The first-order chi connectivity index (χ1) is 12.1. The second-order valence-corrected chi connectivity index (χ2v) is 6.09. The lowest BCUT2D eigenvalue weighted by Gasteiger charge is -2.09. The van der Waals surface area contributed by atoms with Crippen LogP contribution in [0, 0.1) is 0 Å². The summed E-state index contributed by atoms with van der Waals surface area (Å²) in [5, 5.41) is 0.388. The molecule has 0 unspecified atom stereocenters. The van der Waals surface area contributed by atoms with Crippen LogP contribution in [0.25, 0.3) is 33.4 Å². The van der Waals surface area contributed by atoms with Crippen molar-refractivity contribution in [3.63, 3.8) is 0 Å². The molecule has 0 spiro atoms. The van der Waals surface area contributed by atoms with Crippen molar-refractivity contribution in [3.8, 4) is 22.4 Å². The molecule has 0 aliphatic rings. The summed E-state index contributed by atoms with van der Waals surface area (Å²) in [6.45, 7) is 0. The minimum absolute atomic E-state index is 0.0964. The molecule has 4 rings (SSSR count). The molecule has 4 aromatic rings. The highest BCUT2D eigenvalue weighted by molar-refractivity contribution is 6.29. The molecule has 0 saturated heterocycles. The van der Waals surface area contributed by atoms with Crippen molar-refractivity contribution in [2.75, 3.05) is 0 Å². The minimum Gasteiger partial charge on any atom is -0.285 e. The van der Waals surface area contributed by atoms with E-state index in [9.17, 15) is 4.79 Å². The van der Waals surface area contributed by atoms with Crippen LogP contribution in [0.15, 0.2) is 53.7 Å². The normalized spacial score (nSPS) is 11.2. The van der Waals surface area contributed by atoms with E-state index in [2.05, 4.69) is 15.0 Å². The van der Waals surface area contributed by atoms with E-state index in [-0.39, 0.29) is 5.56 Å². The van der Waals surface area contributed by atoms with Gasteiger partial charge in [-0.1, -0.05) is 17.7 Å². The molecule has 0 aliphatic heterocycles. The monoisotopic (exact) mass is 351 g/mol. The fourth-order valence-corrected chi connectivity index (χ4v) is 3.05. The first kappa shape index (κ1) is 15.5. The minimum atomic E-state index is -0.0964. The van der Waals surface area contributed by atoms with Crippen molar-refractivity contribution in [2.24, 2.45) is 14.1 Å². The summed E-state index contributed by atoms with van der Waals surface area (Å²) < 4.78 is 3.39. The zero-order chi connectivity index (χ0) is 17.6. The Kier molecular flexibility index (Phi) is 3.62. The number of halogens is 1. The maximum Gasteiger partial charge on any atom is 0.274 e. The predicted molar refractivity (Wildman–Crippen MR) is 97.4 cm³/mol. The lowest BCUT2D eigenvalue weighted by Crippen LogP contribution is -2.17. The van der Waals surface area contributed by atoms with Gasteiger partial charge in [0.1, 0.15) is 5.15 Å². The van der Waals surface area contributed by atoms with Gasteiger partial charge < -0.3 is 0 Å². The molecule has 0 saturated carbocycles. The topological polar surface area (TPSA) is 65.6 Å². The predicted octanol–water partition coefficient (Wildman–Crippen LogP) is 3.05. The van der Waals surface area contributed by atoms with Crippen LogP contribution in [-0.4, -0.2) is 24.3 Å². The smallest absolute Gasteiger partial charge is 0.274 e. The van der Waals surface area contributed by atoms with Gasteiger partial charge in [0.2, 0.25) is 0 Å². The number of fused-ring (bicyclic) bond motifs is 1. The van der Waals surface area contributed by atoms with E-state index in [1.165, 1.54) is 0 Å². The van der Waals surface area contributed by atoms with Crippen molar-refractivity contribution in [2.45, 2.75) is 0 Å². The van der Waals surface area contributed by atoms with Gasteiger partial charge in [-0.2, -0.15) is 0 Å². The van der Waals surface area contributed by atoms with Crippen LogP contribution in [0.5, 0.6) is 0 Å². The van der Waals surface area contributed by atoms with E-state index < -0.39 is 0 Å². The molecule has 0 fully saturated rings. The Morgan fingerprint density at radius 2 is 1.60 bits per heavy atom. The van der Waals surface area contributed by atoms with Crippen molar-refractivity contribution in [3.05, 3.63) is 64.4 Å². The summed E-state index contributed by atoms with van der Waals surface area (Å²) >= 11 is 5.88. The fourth-order valence-electron chi connectivity index (χ4n) is 2.94. The number of benzene rings is 1. The number of hydrogen-bond donors (Lipinski definition) is 0. The van der Waals surface area contributed by atoms with E-state index in [0.717, 1.165) is 27.9 Å². The van der Waals surface area contributed by atoms with Gasteiger partial charge >= 0.3 is 0 Å². The molecule has 0 aliphatic carbocycles. The van der Waals surface area contributed by atoms with Crippen LogP contribution in [0.2, 0.25) is 5.15 Å². The van der Waals surface area contributed by atoms with Gasteiger partial charge in [0.15, 0.2) is 0 Å². The quantitative estimate of drug-likeness (QED) is 0.521. The van der Waals surface area contributed by atoms with Crippen molar-refractivity contribution in [1.82, 2.24) is 24.3 Å². The highest BCUT2D eigenvalue weighted by Gasteiger charge is 2.20. The summed E-state index contributed by atoms with van der Waals surface area (Å²) in [6, 6.07) is 9.26. The van der Waals surface area contributed by atoms with E-state index in [0.29, 0.717) is 10.7 Å². The van der Waals surface area contributed by atoms with Crippen LogP contribution >= 0.6 is 11.6 Å². The molecule has 0 radical (unpaired) electrons. The molecular weight excluding hydrogens is 338 g/mol. The Morgan fingerprint density at radius 3 is 2.32 bits per heavy atom. The van der Waals surface area contributed by atoms with Crippen LogP contribution in [0.3, 0.4) is 0 Å². The van der Waals surface area contributed by atoms with Crippen LogP contribution in [0.1, 0.15) is 0 Å². The van der Waals surface area contributed by atoms with Gasteiger partial charge in [0.05, 0.1) is 22.3 Å². The maximum atomic E-state index is 12.8. The lowest BCUT2D eigenvalue weighted by molar-refractivity contribution is 0.584. The van der Waals surface area contributed by atoms with Gasteiger partial charge in [-0.05, 0) is 24.3 Å². The Morgan fingerprint density at radius 1 is 0.880 bits per heavy atom. The molecule has 0 atom stereocenters. The molecule has 25 heavy (non-hydrogen) atoms. The van der Waals surface area contributed by atoms with Gasteiger partial charge in [0.25, 0.3) is 5.56 Å². The number of nitrogens with zero attached hydrogens (tertiary/aromatic N) is 5. The van der Waals surface area contributed by atoms with Crippen molar-refractivity contribution < 1.29 is 0 Å². The maximum absolute atomic E-state index is 12.8. The lowest BCUT2D eigenvalue weighted by atomic mass is 10.0. The van der Waals surface area contributed by atoms with E-state index in [1.54, 1.807) is 42.5 Å². The molecule has 0 bridgehead atoms. The van der Waals surface area contributed by atoms with Crippen molar-refractivity contribution >= 4 is 22.6 Å². The molecule has 3 aromatic heterocycles. The SMILES string of the molecule is Cn1c(-c2ccc3nccnc3c2)c(-c2ccc(Cl)nc2)c(=O)n1C. The molecule has 0 N–H and O–H groups in total. The van der Waals surface area contributed by atoms with Gasteiger partial charge in [-0.15, -0.1) is 0 Å². The number of aromatic nitrogens is 5. The van der Waals surface area contributed by atoms with Crippen LogP contribution in [-0.2, 0) is 14.1 Å². The summed E-state index contributed by atoms with van der Waals surface area (Å²) in [5.74, 6) is 0. The molecule has 6 nitrogen and oxygen atoms in total. The molecule has 0 amide bonds. The summed E-state index contributed by atoms with van der Waals surface area (Å²) in [6.07, 6.45) is 4.93. The fraction of sp³-hybridized carbons (Fsp3) is 0.111. The molecule has 7 heteroatoms. The highest BCUT2D eigenvalue weighted by Crippen LogP contribution is 2.31. The van der Waals surface area contributed by atoms with Crippen LogP contribution < -0.4 is 5.56 Å².